The Labute approximate surface area is 143 Å². The molecule has 0 aliphatic heterocycles. The van der Waals surface area contributed by atoms with Crippen LogP contribution in [0.15, 0.2) is 33.6 Å². The van der Waals surface area contributed by atoms with Gasteiger partial charge in [0.05, 0.1) is 10.4 Å². The molecule has 2 aromatic rings. The maximum atomic E-state index is 11.8. The van der Waals surface area contributed by atoms with Crippen LogP contribution in [0.25, 0.3) is 10.9 Å². The van der Waals surface area contributed by atoms with Gasteiger partial charge >= 0.3 is 6.09 Å². The molecular formula is C14H14BrClN2O3S. The van der Waals surface area contributed by atoms with Gasteiger partial charge in [-0.2, -0.15) is 0 Å². The fraction of sp³-hybridized carbons (Fsp3) is 0.286. The van der Waals surface area contributed by atoms with E-state index in [-0.39, 0.29) is 0 Å². The van der Waals surface area contributed by atoms with Crippen molar-refractivity contribution in [3.05, 3.63) is 28.7 Å². The van der Waals surface area contributed by atoms with E-state index >= 15 is 0 Å². The first kappa shape index (κ1) is 17.2. The fourth-order valence-electron chi connectivity index (χ4n) is 1.74. The van der Waals surface area contributed by atoms with Crippen molar-refractivity contribution < 1.29 is 13.7 Å². The highest BCUT2D eigenvalue weighted by atomic mass is 79.9. The van der Waals surface area contributed by atoms with Gasteiger partial charge < -0.3 is 4.74 Å². The largest absolute Gasteiger partial charge is 0.444 e. The van der Waals surface area contributed by atoms with Gasteiger partial charge in [0.2, 0.25) is 0 Å². The van der Waals surface area contributed by atoms with E-state index in [1.54, 1.807) is 45.0 Å². The molecule has 0 saturated carbocycles. The number of pyridine rings is 1. The van der Waals surface area contributed by atoms with Crippen molar-refractivity contribution in [2.75, 3.05) is 5.32 Å². The van der Waals surface area contributed by atoms with Crippen molar-refractivity contribution in [2.45, 2.75) is 31.3 Å². The minimum absolute atomic E-state index is 0.339. The maximum absolute atomic E-state index is 11.8. The first-order valence-electron chi connectivity index (χ1n) is 6.34. The Balaban J connectivity index is 2.33. The topological polar surface area (TPSA) is 68.3 Å². The molecule has 0 fully saturated rings. The normalized spacial score (nSPS) is 13.0. The summed E-state index contributed by atoms with van der Waals surface area (Å²) in [7, 11) is 3.97. The molecule has 1 N–H and O–H groups in total. The molecule has 5 nitrogen and oxygen atoms in total. The highest BCUT2D eigenvalue weighted by molar-refractivity contribution is 9.10. The summed E-state index contributed by atoms with van der Waals surface area (Å²) in [6.45, 7) is 5.33. The molecule has 0 aliphatic rings. The van der Waals surface area contributed by atoms with Crippen molar-refractivity contribution in [1.82, 2.24) is 4.98 Å². The van der Waals surface area contributed by atoms with Gasteiger partial charge in [-0.3, -0.25) is 5.32 Å². The minimum atomic E-state index is -1.64. The third kappa shape index (κ3) is 4.41. The van der Waals surface area contributed by atoms with E-state index in [9.17, 15) is 9.00 Å². The molecule has 0 radical (unpaired) electrons. The fourth-order valence-corrected chi connectivity index (χ4v) is 3.15. The number of anilines is 1. The first-order valence-corrected chi connectivity index (χ1v) is 9.11. The molecule has 0 saturated heterocycles. The van der Waals surface area contributed by atoms with Gasteiger partial charge in [-0.05, 0) is 55.7 Å². The maximum Gasteiger partial charge on any atom is 0.413 e. The lowest BCUT2D eigenvalue weighted by Gasteiger charge is -2.19. The van der Waals surface area contributed by atoms with Gasteiger partial charge in [0.1, 0.15) is 21.4 Å². The van der Waals surface area contributed by atoms with Crippen LogP contribution in [0.3, 0.4) is 0 Å². The van der Waals surface area contributed by atoms with Crippen molar-refractivity contribution in [3.8, 4) is 0 Å². The standard InChI is InChI=1S/C14H14BrClN2O3S/c1-14(2,3)21-13(19)18-12-5-4-9-10(15)6-8(22(16)20)7-11(9)17-12/h4-7H,1-3H3,(H,17,18,19). The lowest BCUT2D eigenvalue weighted by atomic mass is 10.2. The molecule has 1 unspecified atom stereocenters. The zero-order valence-corrected chi connectivity index (χ0v) is 15.3. The predicted octanol–water partition coefficient (Wildman–Crippen LogP) is 4.61. The van der Waals surface area contributed by atoms with E-state index < -0.39 is 21.7 Å². The summed E-state index contributed by atoms with van der Waals surface area (Å²) in [5, 5.41) is 3.38. The highest BCUT2D eigenvalue weighted by Crippen LogP contribution is 2.28. The third-order valence-electron chi connectivity index (χ3n) is 2.54. The number of carbonyl (C=O) groups excluding carboxylic acids is 1. The van der Waals surface area contributed by atoms with Crippen LogP contribution in [0, 0.1) is 0 Å². The summed E-state index contributed by atoms with van der Waals surface area (Å²) in [6.07, 6.45) is -0.588. The number of ether oxygens (including phenoxy) is 1. The Morgan fingerprint density at radius 2 is 2.05 bits per heavy atom. The first-order chi connectivity index (χ1) is 10.2. The summed E-state index contributed by atoms with van der Waals surface area (Å²) in [5.74, 6) is 0.339. The number of aromatic nitrogens is 1. The van der Waals surface area contributed by atoms with Gasteiger partial charge in [0.25, 0.3) is 0 Å². The zero-order valence-electron chi connectivity index (χ0n) is 12.1. The van der Waals surface area contributed by atoms with Crippen molar-refractivity contribution in [1.29, 1.82) is 0 Å². The van der Waals surface area contributed by atoms with Crippen LogP contribution >= 0.6 is 26.6 Å². The van der Waals surface area contributed by atoms with Crippen LogP contribution in [0.4, 0.5) is 10.6 Å². The molecule has 0 spiro atoms. The molecule has 1 amide bonds. The lowest BCUT2D eigenvalue weighted by molar-refractivity contribution is 0.0635. The molecule has 118 valence electrons. The average molecular weight is 406 g/mol. The number of amides is 1. The molecule has 0 aliphatic carbocycles. The molecule has 1 aromatic heterocycles. The minimum Gasteiger partial charge on any atom is -0.444 e. The summed E-state index contributed by atoms with van der Waals surface area (Å²) in [6, 6.07) is 6.74. The van der Waals surface area contributed by atoms with Gasteiger partial charge in [-0.15, -0.1) is 0 Å². The summed E-state index contributed by atoms with van der Waals surface area (Å²) >= 11 is 3.39. The van der Waals surface area contributed by atoms with Gasteiger partial charge in [-0.25, -0.2) is 14.0 Å². The van der Waals surface area contributed by atoms with E-state index in [1.807, 2.05) is 0 Å². The molecular weight excluding hydrogens is 392 g/mol. The number of halogens is 2. The van der Waals surface area contributed by atoms with Crippen LogP contribution in [0.5, 0.6) is 0 Å². The second-order valence-corrected chi connectivity index (χ2v) is 8.13. The van der Waals surface area contributed by atoms with E-state index in [2.05, 4.69) is 26.2 Å². The quantitative estimate of drug-likeness (QED) is 0.741. The van der Waals surface area contributed by atoms with Gasteiger partial charge in [0.15, 0.2) is 0 Å². The highest BCUT2D eigenvalue weighted by Gasteiger charge is 2.17. The SMILES string of the molecule is CC(C)(C)OC(=O)Nc1ccc2c(Br)cc(S(=O)Cl)cc2n1. The summed E-state index contributed by atoms with van der Waals surface area (Å²) in [4.78, 5) is 16.5. The number of carbonyl (C=O) groups is 1. The molecule has 1 aromatic carbocycles. The lowest BCUT2D eigenvalue weighted by Crippen LogP contribution is -2.27. The summed E-state index contributed by atoms with van der Waals surface area (Å²) < 4.78 is 17.3. The van der Waals surface area contributed by atoms with Gasteiger partial charge in [-0.1, -0.05) is 15.9 Å². The smallest absolute Gasteiger partial charge is 0.413 e. The summed E-state index contributed by atoms with van der Waals surface area (Å²) in [5.41, 5.74) is -0.0286. The van der Waals surface area contributed by atoms with Crippen LogP contribution in [0.2, 0.25) is 0 Å². The third-order valence-corrected chi connectivity index (χ3v) is 4.34. The van der Waals surface area contributed by atoms with E-state index in [4.69, 9.17) is 15.4 Å². The zero-order chi connectivity index (χ0) is 16.5. The van der Waals surface area contributed by atoms with Crippen molar-refractivity contribution in [2.24, 2.45) is 0 Å². The Hall–Kier alpha value is -1.18. The van der Waals surface area contributed by atoms with Crippen LogP contribution in [-0.2, 0) is 14.7 Å². The molecule has 1 heterocycles. The monoisotopic (exact) mass is 404 g/mol. The average Bonchev–Trinajstić information content (AvgIpc) is 2.35. The molecule has 22 heavy (non-hydrogen) atoms. The molecule has 2 rings (SSSR count). The number of benzene rings is 1. The Bertz CT molecular complexity index is 762. The number of hydrogen-bond donors (Lipinski definition) is 1. The number of fused-ring (bicyclic) bond motifs is 1. The van der Waals surface area contributed by atoms with Gasteiger partial charge in [0, 0.05) is 9.86 Å². The number of rotatable bonds is 2. The van der Waals surface area contributed by atoms with Crippen LogP contribution < -0.4 is 5.32 Å². The molecule has 0 bridgehead atoms. The number of nitrogens with zero attached hydrogens (tertiary/aromatic N) is 1. The molecule has 1 atom stereocenters. The van der Waals surface area contributed by atoms with Crippen LogP contribution in [-0.4, -0.2) is 20.9 Å². The number of nitrogens with one attached hydrogen (secondary N) is 1. The van der Waals surface area contributed by atoms with E-state index in [1.165, 1.54) is 0 Å². The second kappa shape index (κ2) is 6.52. The Morgan fingerprint density at radius 1 is 1.36 bits per heavy atom. The van der Waals surface area contributed by atoms with Crippen molar-refractivity contribution in [3.63, 3.8) is 0 Å². The number of hydrogen-bond acceptors (Lipinski definition) is 4. The van der Waals surface area contributed by atoms with E-state index in [0.29, 0.717) is 16.2 Å². The Morgan fingerprint density at radius 3 is 2.64 bits per heavy atom. The van der Waals surface area contributed by atoms with E-state index in [0.717, 1.165) is 9.86 Å². The van der Waals surface area contributed by atoms with Crippen molar-refractivity contribution >= 4 is 59.4 Å². The predicted molar refractivity (Wildman–Crippen MR) is 91.6 cm³/mol. The van der Waals surface area contributed by atoms with Crippen LogP contribution in [0.1, 0.15) is 20.8 Å². The second-order valence-electron chi connectivity index (χ2n) is 5.52. The Kier molecular flexibility index (Phi) is 5.09. The molecule has 8 heteroatoms.